The van der Waals surface area contributed by atoms with Crippen LogP contribution >= 0.6 is 0 Å². The number of nitrogen functional groups attached to an aromatic ring is 1. The fourth-order valence-corrected chi connectivity index (χ4v) is 2.37. The van der Waals surface area contributed by atoms with Gasteiger partial charge >= 0.3 is 0 Å². The average Bonchev–Trinajstić information content (AvgIpc) is 2.33. The number of hydrogen-bond donors (Lipinski definition) is 1. The zero-order chi connectivity index (χ0) is 12.3. The van der Waals surface area contributed by atoms with Crippen molar-refractivity contribution in [2.45, 2.75) is 26.2 Å². The predicted octanol–water partition coefficient (Wildman–Crippen LogP) is 2.07. The molecule has 1 saturated heterocycles. The Kier molecular flexibility index (Phi) is 3.67. The van der Waals surface area contributed by atoms with E-state index in [1.165, 1.54) is 0 Å². The van der Waals surface area contributed by atoms with Crippen molar-refractivity contribution in [3.63, 3.8) is 0 Å². The van der Waals surface area contributed by atoms with Crippen LogP contribution in [0.5, 0.6) is 0 Å². The quantitative estimate of drug-likeness (QED) is 0.811. The lowest BCUT2D eigenvalue weighted by Gasteiger charge is -2.30. The third kappa shape index (κ3) is 2.78. The molecule has 0 spiro atoms. The van der Waals surface area contributed by atoms with Gasteiger partial charge in [-0.2, -0.15) is 0 Å². The molecule has 92 valence electrons. The lowest BCUT2D eigenvalue weighted by atomic mass is 9.98. The van der Waals surface area contributed by atoms with Crippen LogP contribution in [0.25, 0.3) is 0 Å². The molecule has 2 rings (SSSR count). The van der Waals surface area contributed by atoms with Crippen molar-refractivity contribution in [3.05, 3.63) is 29.8 Å². The Morgan fingerprint density at radius 2 is 2.18 bits per heavy atom. The van der Waals surface area contributed by atoms with Gasteiger partial charge in [-0.1, -0.05) is 25.1 Å². The summed E-state index contributed by atoms with van der Waals surface area (Å²) in [6.07, 6.45) is 3.01. The van der Waals surface area contributed by atoms with Crippen molar-refractivity contribution in [2.75, 3.05) is 18.8 Å². The van der Waals surface area contributed by atoms with Crippen molar-refractivity contribution < 1.29 is 4.79 Å². The molecule has 0 aromatic heterocycles. The fraction of sp³-hybridized carbons (Fsp3) is 0.500. The third-order valence-electron chi connectivity index (χ3n) is 3.50. The number of nitrogens with two attached hydrogens (primary N) is 1. The lowest BCUT2D eigenvalue weighted by Crippen LogP contribution is -2.41. The van der Waals surface area contributed by atoms with E-state index < -0.39 is 0 Å². The molecule has 3 heteroatoms. The molecule has 0 bridgehead atoms. The Hall–Kier alpha value is -1.51. The SMILES string of the molecule is CC1CCCN(CCc2ccccc2N)C1=O. The highest BCUT2D eigenvalue weighted by Crippen LogP contribution is 2.18. The molecule has 0 aliphatic carbocycles. The minimum absolute atomic E-state index is 0.192. The molecule has 1 amide bonds. The van der Waals surface area contributed by atoms with Gasteiger partial charge in [0.05, 0.1) is 0 Å². The van der Waals surface area contributed by atoms with Crippen LogP contribution in [0.1, 0.15) is 25.3 Å². The van der Waals surface area contributed by atoms with E-state index in [2.05, 4.69) is 0 Å². The van der Waals surface area contributed by atoms with Gasteiger partial charge in [0, 0.05) is 24.7 Å². The van der Waals surface area contributed by atoms with Crippen molar-refractivity contribution in [1.82, 2.24) is 4.90 Å². The molecule has 1 aromatic carbocycles. The maximum atomic E-state index is 11.9. The molecule has 17 heavy (non-hydrogen) atoms. The number of hydrogen-bond acceptors (Lipinski definition) is 2. The van der Waals surface area contributed by atoms with E-state index in [4.69, 9.17) is 5.73 Å². The molecule has 1 unspecified atom stereocenters. The number of carbonyl (C=O) groups excluding carboxylic acids is 1. The molecule has 0 saturated carbocycles. The van der Waals surface area contributed by atoms with Crippen LogP contribution in [0.4, 0.5) is 5.69 Å². The zero-order valence-electron chi connectivity index (χ0n) is 10.4. The molecular weight excluding hydrogens is 212 g/mol. The summed E-state index contributed by atoms with van der Waals surface area (Å²) in [7, 11) is 0. The number of amides is 1. The summed E-state index contributed by atoms with van der Waals surface area (Å²) in [5.74, 6) is 0.489. The van der Waals surface area contributed by atoms with E-state index in [1.807, 2.05) is 36.1 Å². The molecule has 0 radical (unpaired) electrons. The number of anilines is 1. The number of para-hydroxylation sites is 1. The number of benzene rings is 1. The Bertz CT molecular complexity index is 403. The number of carbonyl (C=O) groups is 1. The van der Waals surface area contributed by atoms with Gasteiger partial charge in [0.2, 0.25) is 5.91 Å². The largest absolute Gasteiger partial charge is 0.399 e. The van der Waals surface area contributed by atoms with Crippen LogP contribution in [0.2, 0.25) is 0 Å². The normalized spacial score (nSPS) is 20.6. The highest BCUT2D eigenvalue weighted by molar-refractivity contribution is 5.79. The van der Waals surface area contributed by atoms with Crippen molar-refractivity contribution >= 4 is 11.6 Å². The first-order valence-electron chi connectivity index (χ1n) is 6.30. The molecule has 1 aliphatic rings. The molecule has 1 aromatic rings. The second kappa shape index (κ2) is 5.21. The van der Waals surface area contributed by atoms with Crippen LogP contribution < -0.4 is 5.73 Å². The maximum Gasteiger partial charge on any atom is 0.225 e. The topological polar surface area (TPSA) is 46.3 Å². The van der Waals surface area contributed by atoms with Crippen LogP contribution in [-0.4, -0.2) is 23.9 Å². The van der Waals surface area contributed by atoms with Gasteiger partial charge in [-0.3, -0.25) is 4.79 Å². The molecule has 1 aliphatic heterocycles. The Balaban J connectivity index is 1.94. The number of piperidine rings is 1. The van der Waals surface area contributed by atoms with Gasteiger partial charge in [-0.25, -0.2) is 0 Å². The van der Waals surface area contributed by atoms with Gasteiger partial charge in [0.1, 0.15) is 0 Å². The van der Waals surface area contributed by atoms with Gasteiger partial charge in [-0.05, 0) is 30.9 Å². The smallest absolute Gasteiger partial charge is 0.225 e. The van der Waals surface area contributed by atoms with E-state index >= 15 is 0 Å². The molecule has 2 N–H and O–H groups in total. The summed E-state index contributed by atoms with van der Waals surface area (Å²) < 4.78 is 0. The van der Waals surface area contributed by atoms with Gasteiger partial charge in [0.15, 0.2) is 0 Å². The first-order chi connectivity index (χ1) is 8.18. The first-order valence-corrected chi connectivity index (χ1v) is 6.30. The summed E-state index contributed by atoms with van der Waals surface area (Å²) in [4.78, 5) is 13.9. The molecule has 3 nitrogen and oxygen atoms in total. The number of rotatable bonds is 3. The Morgan fingerprint density at radius 1 is 1.41 bits per heavy atom. The van der Waals surface area contributed by atoms with Crippen molar-refractivity contribution in [1.29, 1.82) is 0 Å². The minimum Gasteiger partial charge on any atom is -0.399 e. The Morgan fingerprint density at radius 3 is 2.94 bits per heavy atom. The summed E-state index contributed by atoms with van der Waals surface area (Å²) in [6.45, 7) is 3.71. The monoisotopic (exact) mass is 232 g/mol. The highest BCUT2D eigenvalue weighted by atomic mass is 16.2. The Labute approximate surface area is 103 Å². The van der Waals surface area contributed by atoms with E-state index in [0.717, 1.165) is 43.6 Å². The summed E-state index contributed by atoms with van der Waals surface area (Å²) >= 11 is 0. The van der Waals surface area contributed by atoms with Gasteiger partial charge < -0.3 is 10.6 Å². The van der Waals surface area contributed by atoms with Crippen LogP contribution in [0, 0.1) is 5.92 Å². The molecular formula is C14H20N2O. The lowest BCUT2D eigenvalue weighted by molar-refractivity contribution is -0.137. The van der Waals surface area contributed by atoms with E-state index in [9.17, 15) is 4.79 Å². The van der Waals surface area contributed by atoms with E-state index in [0.29, 0.717) is 5.91 Å². The second-order valence-corrected chi connectivity index (χ2v) is 4.82. The summed E-state index contributed by atoms with van der Waals surface area (Å²) in [5, 5.41) is 0. The van der Waals surface area contributed by atoms with Crippen molar-refractivity contribution in [2.24, 2.45) is 5.92 Å². The molecule has 1 fully saturated rings. The van der Waals surface area contributed by atoms with E-state index in [-0.39, 0.29) is 5.92 Å². The molecule has 1 atom stereocenters. The maximum absolute atomic E-state index is 11.9. The van der Waals surface area contributed by atoms with E-state index in [1.54, 1.807) is 0 Å². The average molecular weight is 232 g/mol. The van der Waals surface area contributed by atoms with Crippen molar-refractivity contribution in [3.8, 4) is 0 Å². The summed E-state index contributed by atoms with van der Waals surface area (Å²) in [5.41, 5.74) is 7.86. The highest BCUT2D eigenvalue weighted by Gasteiger charge is 2.24. The zero-order valence-corrected chi connectivity index (χ0v) is 10.4. The standard InChI is InChI=1S/C14H20N2O/c1-11-5-4-9-16(14(11)17)10-8-12-6-2-3-7-13(12)15/h2-3,6-7,11H,4-5,8-10,15H2,1H3. The number of likely N-dealkylation sites (tertiary alicyclic amines) is 1. The first kappa shape index (κ1) is 12.0. The molecule has 1 heterocycles. The van der Waals surface area contributed by atoms with Crippen LogP contribution in [0.15, 0.2) is 24.3 Å². The second-order valence-electron chi connectivity index (χ2n) is 4.82. The van der Waals surface area contributed by atoms with Crippen LogP contribution in [-0.2, 0) is 11.2 Å². The third-order valence-corrected chi connectivity index (χ3v) is 3.50. The van der Waals surface area contributed by atoms with Gasteiger partial charge in [0.25, 0.3) is 0 Å². The van der Waals surface area contributed by atoms with Gasteiger partial charge in [-0.15, -0.1) is 0 Å². The predicted molar refractivity (Wildman–Crippen MR) is 69.5 cm³/mol. The minimum atomic E-state index is 0.192. The summed E-state index contributed by atoms with van der Waals surface area (Å²) in [6, 6.07) is 7.88. The van der Waals surface area contributed by atoms with Crippen LogP contribution in [0.3, 0.4) is 0 Å². The number of nitrogens with zero attached hydrogens (tertiary/aromatic N) is 1. The fourth-order valence-electron chi connectivity index (χ4n) is 2.37.